The van der Waals surface area contributed by atoms with E-state index < -0.39 is 0 Å². The lowest BCUT2D eigenvalue weighted by Crippen LogP contribution is -2.34. The van der Waals surface area contributed by atoms with E-state index in [4.69, 9.17) is 4.84 Å². The molecule has 1 heterocycles. The first-order valence-corrected chi connectivity index (χ1v) is 11.6. The molecule has 0 N–H and O–H groups in total. The van der Waals surface area contributed by atoms with E-state index >= 15 is 0 Å². The molecule has 0 atom stereocenters. The maximum absolute atomic E-state index is 13.4. The van der Waals surface area contributed by atoms with E-state index in [0.717, 1.165) is 67.7 Å². The van der Waals surface area contributed by atoms with Crippen LogP contribution in [0.4, 0.5) is 8.78 Å². The standard InChI is InChI=1S/C28H30F2N2O/c29-25-12-8-23(9-13-25)28(24-10-14-26(30)15-11-24)7-4-18-32-19-16-27(17-20-32)31-33-21-22-5-2-1-3-6-22/h1-3,5-6,8-15,28H,4,7,16-21H2. The Morgan fingerprint density at radius 3 is 1.94 bits per heavy atom. The van der Waals surface area contributed by atoms with Crippen LogP contribution in [0.25, 0.3) is 0 Å². The highest BCUT2D eigenvalue weighted by atomic mass is 19.1. The van der Waals surface area contributed by atoms with Gasteiger partial charge in [-0.25, -0.2) is 8.78 Å². The number of likely N-dealkylation sites (tertiary alicyclic amines) is 1. The van der Waals surface area contributed by atoms with Gasteiger partial charge >= 0.3 is 0 Å². The number of hydrogen-bond donors (Lipinski definition) is 0. The monoisotopic (exact) mass is 448 g/mol. The van der Waals surface area contributed by atoms with E-state index in [2.05, 4.69) is 10.1 Å². The second-order valence-corrected chi connectivity index (χ2v) is 8.56. The van der Waals surface area contributed by atoms with Gasteiger partial charge in [0.25, 0.3) is 0 Å². The molecule has 0 radical (unpaired) electrons. The van der Waals surface area contributed by atoms with Crippen molar-refractivity contribution in [1.82, 2.24) is 4.90 Å². The Hall–Kier alpha value is -3.05. The van der Waals surface area contributed by atoms with Crippen molar-refractivity contribution in [3.63, 3.8) is 0 Å². The van der Waals surface area contributed by atoms with Crippen LogP contribution in [0.15, 0.2) is 84.0 Å². The van der Waals surface area contributed by atoms with E-state index in [-0.39, 0.29) is 17.6 Å². The molecule has 0 aromatic heterocycles. The highest BCUT2D eigenvalue weighted by Crippen LogP contribution is 2.30. The number of halogens is 2. The predicted molar refractivity (Wildman–Crippen MR) is 128 cm³/mol. The summed E-state index contributed by atoms with van der Waals surface area (Å²) >= 11 is 0. The lowest BCUT2D eigenvalue weighted by atomic mass is 9.87. The normalized spacial score (nSPS) is 14.5. The van der Waals surface area contributed by atoms with Gasteiger partial charge in [0.1, 0.15) is 18.2 Å². The third kappa shape index (κ3) is 6.96. The molecule has 1 saturated heterocycles. The van der Waals surface area contributed by atoms with Crippen molar-refractivity contribution >= 4 is 5.71 Å². The molecule has 33 heavy (non-hydrogen) atoms. The third-order valence-corrected chi connectivity index (χ3v) is 6.21. The zero-order valence-corrected chi connectivity index (χ0v) is 18.8. The molecular weight excluding hydrogens is 418 g/mol. The maximum Gasteiger partial charge on any atom is 0.142 e. The number of rotatable bonds is 9. The van der Waals surface area contributed by atoms with Gasteiger partial charge in [0.2, 0.25) is 0 Å². The number of nitrogens with zero attached hydrogens (tertiary/aromatic N) is 2. The van der Waals surface area contributed by atoms with Gasteiger partial charge in [0, 0.05) is 31.8 Å². The zero-order chi connectivity index (χ0) is 22.9. The van der Waals surface area contributed by atoms with Crippen molar-refractivity contribution in [3.05, 3.63) is 107 Å². The minimum absolute atomic E-state index is 0.125. The van der Waals surface area contributed by atoms with Gasteiger partial charge in [-0.05, 0) is 60.3 Å². The average Bonchev–Trinajstić information content (AvgIpc) is 2.85. The topological polar surface area (TPSA) is 24.8 Å². The van der Waals surface area contributed by atoms with Crippen LogP contribution >= 0.6 is 0 Å². The molecule has 0 bridgehead atoms. The number of hydrogen-bond acceptors (Lipinski definition) is 3. The van der Waals surface area contributed by atoms with Crippen molar-refractivity contribution in [3.8, 4) is 0 Å². The Balaban J connectivity index is 1.26. The summed E-state index contributed by atoms with van der Waals surface area (Å²) in [5.41, 5.74) is 4.37. The van der Waals surface area contributed by atoms with E-state index in [1.165, 1.54) is 24.3 Å². The number of oxime groups is 1. The first-order chi connectivity index (χ1) is 16.2. The largest absolute Gasteiger partial charge is 0.391 e. The minimum atomic E-state index is -0.241. The summed E-state index contributed by atoms with van der Waals surface area (Å²) in [4.78, 5) is 8.00. The molecular formula is C28H30F2N2O. The molecule has 3 aromatic rings. The lowest BCUT2D eigenvalue weighted by molar-refractivity contribution is 0.127. The smallest absolute Gasteiger partial charge is 0.142 e. The lowest BCUT2D eigenvalue weighted by Gasteiger charge is -2.28. The van der Waals surface area contributed by atoms with Crippen LogP contribution in [-0.4, -0.2) is 30.2 Å². The van der Waals surface area contributed by atoms with E-state index in [1.54, 1.807) is 0 Å². The van der Waals surface area contributed by atoms with Gasteiger partial charge in [-0.2, -0.15) is 0 Å². The molecule has 0 saturated carbocycles. The molecule has 4 rings (SSSR count). The average molecular weight is 449 g/mol. The van der Waals surface area contributed by atoms with Crippen LogP contribution in [0, 0.1) is 11.6 Å². The molecule has 1 aliphatic rings. The fraction of sp³-hybridized carbons (Fsp3) is 0.321. The minimum Gasteiger partial charge on any atom is -0.391 e. The molecule has 0 aliphatic carbocycles. The molecule has 172 valence electrons. The van der Waals surface area contributed by atoms with Crippen molar-refractivity contribution in [1.29, 1.82) is 0 Å². The van der Waals surface area contributed by atoms with Crippen LogP contribution in [0.3, 0.4) is 0 Å². The van der Waals surface area contributed by atoms with Gasteiger partial charge < -0.3 is 9.74 Å². The number of benzene rings is 3. The molecule has 1 fully saturated rings. The van der Waals surface area contributed by atoms with E-state index in [0.29, 0.717) is 6.61 Å². The van der Waals surface area contributed by atoms with Gasteiger partial charge in [0.05, 0.1) is 5.71 Å². The molecule has 0 spiro atoms. The SMILES string of the molecule is Fc1ccc(C(CCCN2CCC(=NOCc3ccccc3)CC2)c2ccc(F)cc2)cc1. The highest BCUT2D eigenvalue weighted by molar-refractivity contribution is 5.84. The summed E-state index contributed by atoms with van der Waals surface area (Å²) in [7, 11) is 0. The Labute approximate surface area is 194 Å². The van der Waals surface area contributed by atoms with Crippen LogP contribution in [0.2, 0.25) is 0 Å². The summed E-state index contributed by atoms with van der Waals surface area (Å²) in [6, 6.07) is 23.4. The fourth-order valence-electron chi connectivity index (χ4n) is 4.33. The van der Waals surface area contributed by atoms with Crippen molar-refractivity contribution in [2.75, 3.05) is 19.6 Å². The van der Waals surface area contributed by atoms with E-state index in [1.807, 2.05) is 54.6 Å². The first-order valence-electron chi connectivity index (χ1n) is 11.6. The molecule has 3 aromatic carbocycles. The van der Waals surface area contributed by atoms with Gasteiger partial charge in [-0.15, -0.1) is 0 Å². The molecule has 3 nitrogen and oxygen atoms in total. The Kier molecular flexibility index (Phi) is 8.20. The first kappa shape index (κ1) is 23.1. The molecule has 0 unspecified atom stereocenters. The summed E-state index contributed by atoms with van der Waals surface area (Å²) in [5.74, 6) is -0.357. The van der Waals surface area contributed by atoms with Gasteiger partial charge in [0.15, 0.2) is 0 Å². The van der Waals surface area contributed by atoms with Crippen molar-refractivity contribution in [2.45, 2.75) is 38.2 Å². The fourth-order valence-corrected chi connectivity index (χ4v) is 4.33. The summed E-state index contributed by atoms with van der Waals surface area (Å²) in [6.45, 7) is 3.45. The molecule has 1 aliphatic heterocycles. The maximum atomic E-state index is 13.4. The Morgan fingerprint density at radius 2 is 1.36 bits per heavy atom. The molecule has 0 amide bonds. The highest BCUT2D eigenvalue weighted by Gasteiger charge is 2.18. The van der Waals surface area contributed by atoms with Crippen LogP contribution in [0.5, 0.6) is 0 Å². The number of piperidine rings is 1. The second-order valence-electron chi connectivity index (χ2n) is 8.56. The molecule has 5 heteroatoms. The van der Waals surface area contributed by atoms with Crippen LogP contribution in [-0.2, 0) is 11.4 Å². The summed E-state index contributed by atoms with van der Waals surface area (Å²) in [6.07, 6.45) is 3.79. The summed E-state index contributed by atoms with van der Waals surface area (Å²) in [5, 5.41) is 4.34. The Morgan fingerprint density at radius 1 is 0.788 bits per heavy atom. The van der Waals surface area contributed by atoms with Crippen molar-refractivity contribution < 1.29 is 13.6 Å². The summed E-state index contributed by atoms with van der Waals surface area (Å²) < 4.78 is 26.8. The van der Waals surface area contributed by atoms with E-state index in [9.17, 15) is 8.78 Å². The van der Waals surface area contributed by atoms with Crippen LogP contribution < -0.4 is 0 Å². The zero-order valence-electron chi connectivity index (χ0n) is 18.8. The second kappa shape index (κ2) is 11.7. The quantitative estimate of drug-likeness (QED) is 0.347. The third-order valence-electron chi connectivity index (χ3n) is 6.21. The Bertz CT molecular complexity index is 965. The van der Waals surface area contributed by atoms with Crippen LogP contribution in [0.1, 0.15) is 48.3 Å². The van der Waals surface area contributed by atoms with Crippen molar-refractivity contribution in [2.24, 2.45) is 5.16 Å². The predicted octanol–water partition coefficient (Wildman–Crippen LogP) is 6.55. The van der Waals surface area contributed by atoms with Gasteiger partial charge in [-0.3, -0.25) is 0 Å². The van der Waals surface area contributed by atoms with Gasteiger partial charge in [-0.1, -0.05) is 59.8 Å².